The number of halogens is 4. The third kappa shape index (κ3) is 3.10. The molecule has 1 rings (SSSR count). The van der Waals surface area contributed by atoms with E-state index in [9.17, 15) is 8.78 Å². The molecule has 2 N–H and O–H groups in total. The first-order valence-corrected chi connectivity index (χ1v) is 3.79. The largest absolute Gasteiger partial charge is 0.322 e. The number of rotatable bonds is 2. The first-order chi connectivity index (χ1) is 5.65. The zero-order valence-corrected chi connectivity index (χ0v) is 8.21. The van der Waals surface area contributed by atoms with Crippen molar-refractivity contribution in [2.24, 2.45) is 5.73 Å². The molecule has 5 heteroatoms. The van der Waals surface area contributed by atoms with Gasteiger partial charge in [-0.25, -0.2) is 8.78 Å². The second-order valence-corrected chi connectivity index (χ2v) is 2.86. The minimum atomic E-state index is -0.901. The Morgan fingerprint density at radius 3 is 2.54 bits per heavy atom. The third-order valence-corrected chi connectivity index (χ3v) is 1.76. The number of alkyl halides is 1. The summed E-state index contributed by atoms with van der Waals surface area (Å²) in [7, 11) is 0. The van der Waals surface area contributed by atoms with Gasteiger partial charge in [-0.15, -0.1) is 12.4 Å². The van der Waals surface area contributed by atoms with Crippen molar-refractivity contribution in [3.8, 4) is 0 Å². The van der Waals surface area contributed by atoms with Gasteiger partial charge < -0.3 is 5.73 Å². The maximum atomic E-state index is 13.0. The molecule has 0 aliphatic carbocycles. The predicted molar refractivity (Wildman–Crippen MR) is 51.6 cm³/mol. The van der Waals surface area contributed by atoms with Gasteiger partial charge in [0.1, 0.15) is 12.5 Å². The monoisotopic (exact) mass is 227 g/mol. The minimum Gasteiger partial charge on any atom is -0.322 e. The van der Waals surface area contributed by atoms with Crippen LogP contribution in [-0.4, -0.2) is 6.67 Å². The third-order valence-electron chi connectivity index (χ3n) is 1.53. The molecule has 0 saturated heterocycles. The van der Waals surface area contributed by atoms with E-state index in [1.54, 1.807) is 0 Å². The topological polar surface area (TPSA) is 26.0 Å². The number of nitrogens with two attached hydrogens (primary N) is 1. The van der Waals surface area contributed by atoms with Crippen LogP contribution in [0.4, 0.5) is 8.78 Å². The summed E-state index contributed by atoms with van der Waals surface area (Å²) >= 11 is 5.49. The molecule has 0 aromatic heterocycles. The highest BCUT2D eigenvalue weighted by Gasteiger charge is 2.10. The molecule has 0 amide bonds. The second kappa shape index (κ2) is 5.37. The Morgan fingerprint density at radius 1 is 1.46 bits per heavy atom. The van der Waals surface area contributed by atoms with Crippen molar-refractivity contribution in [2.45, 2.75) is 6.04 Å². The van der Waals surface area contributed by atoms with Gasteiger partial charge in [0.15, 0.2) is 0 Å². The van der Waals surface area contributed by atoms with Gasteiger partial charge in [-0.2, -0.15) is 0 Å². The van der Waals surface area contributed by atoms with Crippen LogP contribution < -0.4 is 5.73 Å². The average Bonchev–Trinajstić information content (AvgIpc) is 2.03. The van der Waals surface area contributed by atoms with Gasteiger partial charge in [0.2, 0.25) is 0 Å². The molecule has 1 nitrogen and oxygen atoms in total. The standard InChI is InChI=1S/C8H8ClF2N.ClH/c9-5-1-2-6(7(11)3-5)8(12)4-10;/h1-3,8H,4,12H2;1H/t8-;/m1./s1. The molecule has 0 aliphatic heterocycles. The fourth-order valence-electron chi connectivity index (χ4n) is 0.885. The van der Waals surface area contributed by atoms with Crippen molar-refractivity contribution in [1.29, 1.82) is 0 Å². The summed E-state index contributed by atoms with van der Waals surface area (Å²) in [4.78, 5) is 0. The van der Waals surface area contributed by atoms with Crippen molar-refractivity contribution >= 4 is 24.0 Å². The summed E-state index contributed by atoms with van der Waals surface area (Å²) in [6.07, 6.45) is 0. The van der Waals surface area contributed by atoms with Crippen LogP contribution in [0.2, 0.25) is 5.02 Å². The Hall–Kier alpha value is -0.380. The molecule has 0 heterocycles. The molecule has 1 aromatic carbocycles. The van der Waals surface area contributed by atoms with Crippen molar-refractivity contribution in [2.75, 3.05) is 6.67 Å². The average molecular weight is 228 g/mol. The number of hydrogen-bond donors (Lipinski definition) is 1. The molecule has 0 unspecified atom stereocenters. The Balaban J connectivity index is 0.00000144. The van der Waals surface area contributed by atoms with Crippen LogP contribution in [0.5, 0.6) is 0 Å². The molecular weight excluding hydrogens is 219 g/mol. The summed E-state index contributed by atoms with van der Waals surface area (Å²) in [5, 5.41) is 0.280. The summed E-state index contributed by atoms with van der Waals surface area (Å²) in [6.45, 7) is -0.779. The van der Waals surface area contributed by atoms with Gasteiger partial charge in [-0.1, -0.05) is 17.7 Å². The van der Waals surface area contributed by atoms with E-state index < -0.39 is 18.5 Å². The first-order valence-electron chi connectivity index (χ1n) is 3.41. The molecule has 0 spiro atoms. The van der Waals surface area contributed by atoms with Gasteiger partial charge in [-0.05, 0) is 12.1 Å². The fraction of sp³-hybridized carbons (Fsp3) is 0.250. The molecule has 1 aromatic rings. The molecule has 0 saturated carbocycles. The van der Waals surface area contributed by atoms with E-state index in [1.165, 1.54) is 12.1 Å². The Labute approximate surface area is 86.3 Å². The maximum Gasteiger partial charge on any atom is 0.129 e. The molecule has 0 fully saturated rings. The van der Waals surface area contributed by atoms with Crippen molar-refractivity contribution in [3.05, 3.63) is 34.6 Å². The van der Waals surface area contributed by atoms with Gasteiger partial charge in [0, 0.05) is 10.6 Å². The zero-order chi connectivity index (χ0) is 9.14. The lowest BCUT2D eigenvalue weighted by Crippen LogP contribution is -2.13. The Bertz CT molecular complexity index is 281. The van der Waals surface area contributed by atoms with E-state index in [4.69, 9.17) is 17.3 Å². The van der Waals surface area contributed by atoms with Crippen LogP contribution in [0.1, 0.15) is 11.6 Å². The maximum absolute atomic E-state index is 13.0. The smallest absolute Gasteiger partial charge is 0.129 e. The predicted octanol–water partition coefficient (Wildman–Crippen LogP) is 2.87. The van der Waals surface area contributed by atoms with Crippen LogP contribution >= 0.6 is 24.0 Å². The first kappa shape index (κ1) is 12.6. The van der Waals surface area contributed by atoms with E-state index in [1.807, 2.05) is 0 Å². The summed E-state index contributed by atoms with van der Waals surface area (Å²) < 4.78 is 25.0. The summed E-state index contributed by atoms with van der Waals surface area (Å²) in [5.41, 5.74) is 5.44. The van der Waals surface area contributed by atoms with Crippen LogP contribution in [0, 0.1) is 5.82 Å². The van der Waals surface area contributed by atoms with Gasteiger partial charge >= 0.3 is 0 Å². The number of hydrogen-bond acceptors (Lipinski definition) is 1. The lowest BCUT2D eigenvalue weighted by atomic mass is 10.1. The van der Waals surface area contributed by atoms with Crippen LogP contribution in [0.15, 0.2) is 18.2 Å². The molecule has 0 aliphatic rings. The van der Waals surface area contributed by atoms with Crippen molar-refractivity contribution in [3.63, 3.8) is 0 Å². The molecule has 1 atom stereocenters. The quantitative estimate of drug-likeness (QED) is 0.827. The highest BCUT2D eigenvalue weighted by atomic mass is 35.5. The van der Waals surface area contributed by atoms with E-state index in [0.717, 1.165) is 6.07 Å². The second-order valence-electron chi connectivity index (χ2n) is 2.43. The Kier molecular flexibility index (Phi) is 5.21. The Morgan fingerprint density at radius 2 is 2.08 bits per heavy atom. The molecule has 0 radical (unpaired) electrons. The van der Waals surface area contributed by atoms with Gasteiger partial charge in [0.25, 0.3) is 0 Å². The normalized spacial score (nSPS) is 12.0. The minimum absolute atomic E-state index is 0. The fourth-order valence-corrected chi connectivity index (χ4v) is 1.04. The van der Waals surface area contributed by atoms with E-state index in [2.05, 4.69) is 0 Å². The SMILES string of the molecule is Cl.N[C@H](CF)c1ccc(Cl)cc1F. The van der Waals surface area contributed by atoms with E-state index in [-0.39, 0.29) is 23.0 Å². The molecule has 74 valence electrons. The van der Waals surface area contributed by atoms with Gasteiger partial charge in [-0.3, -0.25) is 0 Å². The van der Waals surface area contributed by atoms with Crippen LogP contribution in [-0.2, 0) is 0 Å². The highest BCUT2D eigenvalue weighted by molar-refractivity contribution is 6.30. The van der Waals surface area contributed by atoms with E-state index >= 15 is 0 Å². The lowest BCUT2D eigenvalue weighted by molar-refractivity contribution is 0.427. The summed E-state index contributed by atoms with van der Waals surface area (Å²) in [5.74, 6) is -0.562. The highest BCUT2D eigenvalue weighted by Crippen LogP contribution is 2.19. The molecular formula is C8H9Cl2F2N. The molecule has 0 bridgehead atoms. The van der Waals surface area contributed by atoms with Crippen LogP contribution in [0.25, 0.3) is 0 Å². The van der Waals surface area contributed by atoms with Gasteiger partial charge in [0.05, 0.1) is 6.04 Å². The lowest BCUT2D eigenvalue weighted by Gasteiger charge is -2.07. The molecule has 13 heavy (non-hydrogen) atoms. The summed E-state index contributed by atoms with van der Waals surface area (Å²) in [6, 6.07) is 3.09. The van der Waals surface area contributed by atoms with Crippen molar-refractivity contribution in [1.82, 2.24) is 0 Å². The van der Waals surface area contributed by atoms with Crippen LogP contribution in [0.3, 0.4) is 0 Å². The van der Waals surface area contributed by atoms with Crippen molar-refractivity contribution < 1.29 is 8.78 Å². The van der Waals surface area contributed by atoms with E-state index in [0.29, 0.717) is 0 Å². The zero-order valence-electron chi connectivity index (χ0n) is 6.64. The number of benzene rings is 1.